The Kier molecular flexibility index (Phi) is 3.57. The first kappa shape index (κ1) is 13.7. The van der Waals surface area contributed by atoms with Gasteiger partial charge >= 0.3 is 0 Å². The van der Waals surface area contributed by atoms with Crippen LogP contribution in [-0.2, 0) is 22.3 Å². The van der Waals surface area contributed by atoms with Crippen LogP contribution in [-0.4, -0.2) is 20.0 Å². The Hall–Kier alpha value is -1.90. The molecule has 0 fully saturated rings. The van der Waals surface area contributed by atoms with Gasteiger partial charge in [-0.15, -0.1) is 0 Å². The smallest absolute Gasteiger partial charge is 0.146 e. The Morgan fingerprint density at radius 1 is 0.955 bits per heavy atom. The molecule has 1 aliphatic carbocycles. The molecule has 4 rings (SSSR count). The van der Waals surface area contributed by atoms with Crippen molar-refractivity contribution in [3.63, 3.8) is 0 Å². The summed E-state index contributed by atoms with van der Waals surface area (Å²) in [6.45, 7) is 0.387. The van der Waals surface area contributed by atoms with Crippen molar-refractivity contribution in [2.45, 2.75) is 25.4 Å². The Morgan fingerprint density at radius 2 is 1.82 bits per heavy atom. The largest absolute Gasteiger partial charge is 0.359 e. The van der Waals surface area contributed by atoms with Crippen LogP contribution in [0.4, 0.5) is 0 Å². The molecule has 0 amide bonds. The number of hydrogen-bond acceptors (Lipinski definition) is 2. The molecule has 0 aliphatic heterocycles. The molecule has 2 heteroatoms. The van der Waals surface area contributed by atoms with E-state index in [2.05, 4.69) is 48.5 Å². The standard InChI is InChI=1S/C20H20O2/c1-21-13-22-16-8-11-18-15(12-16)7-10-19-17-5-3-2-4-14(17)6-9-20(18)19/h2-7,9-10,16H,8,11-13H2,1H3. The fourth-order valence-corrected chi connectivity index (χ4v) is 3.64. The summed E-state index contributed by atoms with van der Waals surface area (Å²) < 4.78 is 10.8. The van der Waals surface area contributed by atoms with E-state index in [-0.39, 0.29) is 6.10 Å². The minimum Gasteiger partial charge on any atom is -0.359 e. The summed E-state index contributed by atoms with van der Waals surface area (Å²) in [6.07, 6.45) is 3.42. The van der Waals surface area contributed by atoms with Crippen molar-refractivity contribution in [2.75, 3.05) is 13.9 Å². The molecule has 0 heterocycles. The summed E-state index contributed by atoms with van der Waals surface area (Å²) in [5.41, 5.74) is 2.93. The summed E-state index contributed by atoms with van der Waals surface area (Å²) >= 11 is 0. The highest BCUT2D eigenvalue weighted by molar-refractivity contribution is 6.08. The average molecular weight is 292 g/mol. The van der Waals surface area contributed by atoms with Crippen molar-refractivity contribution in [1.82, 2.24) is 0 Å². The summed E-state index contributed by atoms with van der Waals surface area (Å²) in [4.78, 5) is 0. The SMILES string of the molecule is COCOC1CCc2c(ccc3c2ccc2ccccc23)C1. The summed E-state index contributed by atoms with van der Waals surface area (Å²) in [7, 11) is 1.68. The van der Waals surface area contributed by atoms with E-state index in [9.17, 15) is 0 Å². The van der Waals surface area contributed by atoms with Crippen LogP contribution in [0.1, 0.15) is 17.5 Å². The van der Waals surface area contributed by atoms with Gasteiger partial charge in [-0.25, -0.2) is 0 Å². The average Bonchev–Trinajstić information content (AvgIpc) is 2.59. The first-order valence-corrected chi connectivity index (χ1v) is 7.89. The van der Waals surface area contributed by atoms with Gasteiger partial charge in [-0.1, -0.05) is 48.5 Å². The van der Waals surface area contributed by atoms with Gasteiger partial charge < -0.3 is 9.47 Å². The lowest BCUT2D eigenvalue weighted by atomic mass is 9.85. The van der Waals surface area contributed by atoms with Gasteiger partial charge in [-0.2, -0.15) is 0 Å². The zero-order chi connectivity index (χ0) is 14.9. The number of aryl methyl sites for hydroxylation is 1. The molecule has 2 nitrogen and oxygen atoms in total. The maximum atomic E-state index is 5.75. The van der Waals surface area contributed by atoms with Gasteiger partial charge in [-0.05, 0) is 51.9 Å². The second-order valence-electron chi connectivity index (χ2n) is 6.02. The van der Waals surface area contributed by atoms with E-state index in [1.807, 2.05) is 0 Å². The predicted octanol–water partition coefficient (Wildman–Crippen LogP) is 4.47. The van der Waals surface area contributed by atoms with Crippen LogP contribution in [0, 0.1) is 0 Å². The number of fused-ring (bicyclic) bond motifs is 5. The number of hydrogen-bond donors (Lipinski definition) is 0. The van der Waals surface area contributed by atoms with Crippen molar-refractivity contribution in [3.8, 4) is 0 Å². The Labute approximate surface area is 130 Å². The quantitative estimate of drug-likeness (QED) is 0.524. The van der Waals surface area contributed by atoms with E-state index in [0.29, 0.717) is 6.79 Å². The predicted molar refractivity (Wildman–Crippen MR) is 90.2 cm³/mol. The molecular weight excluding hydrogens is 272 g/mol. The zero-order valence-electron chi connectivity index (χ0n) is 12.8. The molecule has 0 bridgehead atoms. The summed E-state index contributed by atoms with van der Waals surface area (Å²) in [5.74, 6) is 0. The first-order valence-electron chi connectivity index (χ1n) is 7.89. The highest BCUT2D eigenvalue weighted by atomic mass is 16.7. The van der Waals surface area contributed by atoms with E-state index in [1.165, 1.54) is 32.7 Å². The third-order valence-electron chi connectivity index (χ3n) is 4.72. The molecule has 1 unspecified atom stereocenters. The monoisotopic (exact) mass is 292 g/mol. The molecule has 0 radical (unpaired) electrons. The van der Waals surface area contributed by atoms with E-state index >= 15 is 0 Å². The Morgan fingerprint density at radius 3 is 2.73 bits per heavy atom. The van der Waals surface area contributed by atoms with Gasteiger partial charge in [0.15, 0.2) is 0 Å². The Bertz CT molecular complexity index is 822. The fraction of sp³-hybridized carbons (Fsp3) is 0.300. The molecular formula is C20H20O2. The van der Waals surface area contributed by atoms with Crippen molar-refractivity contribution < 1.29 is 9.47 Å². The van der Waals surface area contributed by atoms with Crippen LogP contribution < -0.4 is 0 Å². The lowest BCUT2D eigenvalue weighted by Crippen LogP contribution is -2.23. The van der Waals surface area contributed by atoms with Crippen LogP contribution in [0.25, 0.3) is 21.5 Å². The van der Waals surface area contributed by atoms with Crippen molar-refractivity contribution in [1.29, 1.82) is 0 Å². The molecule has 1 aliphatic rings. The molecule has 3 aromatic rings. The van der Waals surface area contributed by atoms with Crippen molar-refractivity contribution in [3.05, 3.63) is 59.7 Å². The molecule has 1 atom stereocenters. The lowest BCUT2D eigenvalue weighted by molar-refractivity contribution is -0.0749. The van der Waals surface area contributed by atoms with Gasteiger partial charge in [0.1, 0.15) is 6.79 Å². The van der Waals surface area contributed by atoms with Gasteiger partial charge in [0, 0.05) is 7.11 Å². The van der Waals surface area contributed by atoms with Gasteiger partial charge in [0.25, 0.3) is 0 Å². The molecule has 0 saturated carbocycles. The number of benzene rings is 3. The molecule has 22 heavy (non-hydrogen) atoms. The van der Waals surface area contributed by atoms with Gasteiger partial charge in [0.05, 0.1) is 6.10 Å². The normalized spacial score (nSPS) is 17.8. The van der Waals surface area contributed by atoms with Gasteiger partial charge in [0.2, 0.25) is 0 Å². The second-order valence-corrected chi connectivity index (χ2v) is 6.02. The molecule has 3 aromatic carbocycles. The third-order valence-corrected chi connectivity index (χ3v) is 4.72. The third kappa shape index (κ3) is 2.29. The zero-order valence-corrected chi connectivity index (χ0v) is 12.8. The highest BCUT2D eigenvalue weighted by Crippen LogP contribution is 2.33. The summed E-state index contributed by atoms with van der Waals surface area (Å²) in [5, 5.41) is 5.43. The van der Waals surface area contributed by atoms with Crippen LogP contribution in [0.2, 0.25) is 0 Å². The van der Waals surface area contributed by atoms with E-state index < -0.39 is 0 Å². The maximum absolute atomic E-state index is 5.75. The number of rotatable bonds is 3. The number of methoxy groups -OCH3 is 1. The van der Waals surface area contributed by atoms with Crippen LogP contribution in [0.3, 0.4) is 0 Å². The molecule has 0 aromatic heterocycles. The first-order chi connectivity index (χ1) is 10.9. The van der Waals surface area contributed by atoms with Gasteiger partial charge in [-0.3, -0.25) is 0 Å². The van der Waals surface area contributed by atoms with E-state index in [1.54, 1.807) is 7.11 Å². The van der Waals surface area contributed by atoms with Crippen LogP contribution in [0.15, 0.2) is 48.5 Å². The fourth-order valence-electron chi connectivity index (χ4n) is 3.64. The van der Waals surface area contributed by atoms with Crippen molar-refractivity contribution >= 4 is 21.5 Å². The highest BCUT2D eigenvalue weighted by Gasteiger charge is 2.21. The minimum atomic E-state index is 0.283. The molecule has 112 valence electrons. The Balaban J connectivity index is 1.79. The minimum absolute atomic E-state index is 0.283. The van der Waals surface area contributed by atoms with E-state index in [4.69, 9.17) is 9.47 Å². The molecule has 0 spiro atoms. The lowest BCUT2D eigenvalue weighted by Gasteiger charge is -2.26. The second kappa shape index (κ2) is 5.71. The van der Waals surface area contributed by atoms with Crippen molar-refractivity contribution in [2.24, 2.45) is 0 Å². The molecule has 0 saturated heterocycles. The topological polar surface area (TPSA) is 18.5 Å². The summed E-state index contributed by atoms with van der Waals surface area (Å²) in [6, 6.07) is 17.7. The maximum Gasteiger partial charge on any atom is 0.146 e. The molecule has 0 N–H and O–H groups in total. The number of ether oxygens (including phenoxy) is 2. The van der Waals surface area contributed by atoms with Crippen LogP contribution >= 0.6 is 0 Å². The van der Waals surface area contributed by atoms with E-state index in [0.717, 1.165) is 19.3 Å². The van der Waals surface area contributed by atoms with Crippen LogP contribution in [0.5, 0.6) is 0 Å².